The molecule has 136 valence electrons. The van der Waals surface area contributed by atoms with Crippen LogP contribution in [0.2, 0.25) is 0 Å². The highest BCUT2D eigenvalue weighted by molar-refractivity contribution is 6.06. The summed E-state index contributed by atoms with van der Waals surface area (Å²) in [6, 6.07) is 7.36. The number of rotatable bonds is 5. The lowest BCUT2D eigenvalue weighted by molar-refractivity contribution is -0.141. The minimum Gasteiger partial charge on any atom is -0.497 e. The summed E-state index contributed by atoms with van der Waals surface area (Å²) in [4.78, 5) is 28.8. The lowest BCUT2D eigenvalue weighted by Crippen LogP contribution is -2.33. The molecule has 0 spiro atoms. The van der Waals surface area contributed by atoms with E-state index in [0.29, 0.717) is 36.5 Å². The third-order valence-corrected chi connectivity index (χ3v) is 5.39. The summed E-state index contributed by atoms with van der Waals surface area (Å²) in [6.45, 7) is 0. The van der Waals surface area contributed by atoms with Crippen LogP contribution in [0, 0.1) is 5.92 Å². The van der Waals surface area contributed by atoms with Gasteiger partial charge in [0, 0.05) is 23.0 Å². The second kappa shape index (κ2) is 6.59. The molecular formula is C20H22N2O4. The lowest BCUT2D eigenvalue weighted by atomic mass is 10.0. The number of aliphatic carboxylic acids is 1. The zero-order valence-electron chi connectivity index (χ0n) is 14.7. The molecule has 0 unspecified atom stereocenters. The molecular weight excluding hydrogens is 332 g/mol. The van der Waals surface area contributed by atoms with Gasteiger partial charge < -0.3 is 15.2 Å². The number of carboxylic acid groups (broad SMARTS) is 1. The third kappa shape index (κ3) is 3.23. The average molecular weight is 354 g/mol. The molecule has 2 saturated carbocycles. The van der Waals surface area contributed by atoms with Gasteiger partial charge >= 0.3 is 5.97 Å². The number of carbonyl (C=O) groups is 2. The molecule has 1 aromatic heterocycles. The van der Waals surface area contributed by atoms with Crippen LogP contribution in [0.3, 0.4) is 0 Å². The predicted molar refractivity (Wildman–Crippen MR) is 96.5 cm³/mol. The van der Waals surface area contributed by atoms with Gasteiger partial charge in [0.15, 0.2) is 0 Å². The lowest BCUT2D eigenvalue weighted by Gasteiger charge is -2.15. The van der Waals surface area contributed by atoms with E-state index in [4.69, 9.17) is 14.8 Å². The number of methoxy groups -OCH3 is 1. The number of benzene rings is 1. The number of fused-ring (bicyclic) bond motifs is 1. The zero-order valence-corrected chi connectivity index (χ0v) is 14.7. The average Bonchev–Trinajstić information content (AvgIpc) is 3.39. The fourth-order valence-electron chi connectivity index (χ4n) is 3.73. The van der Waals surface area contributed by atoms with Crippen molar-refractivity contribution in [1.82, 2.24) is 10.3 Å². The summed E-state index contributed by atoms with van der Waals surface area (Å²) in [5.74, 6) is -0.188. The van der Waals surface area contributed by atoms with Gasteiger partial charge in [-0.2, -0.15) is 0 Å². The van der Waals surface area contributed by atoms with E-state index in [1.807, 2.05) is 24.3 Å². The van der Waals surface area contributed by atoms with Crippen LogP contribution in [-0.2, 0) is 4.79 Å². The zero-order chi connectivity index (χ0) is 18.3. The van der Waals surface area contributed by atoms with E-state index in [0.717, 1.165) is 29.4 Å². The number of hydrogen-bond donors (Lipinski definition) is 2. The number of amides is 1. The van der Waals surface area contributed by atoms with Gasteiger partial charge in [-0.15, -0.1) is 0 Å². The number of hydrogen-bond acceptors (Lipinski definition) is 4. The standard InChI is InChI=1S/C20H22N2O4/c1-26-14-6-7-17-15(9-14)16(10-18(22-17)11-2-3-11)19(23)21-13-5-4-12(8-13)20(24)25/h6-7,9-13H,2-5,8H2,1H3,(H,21,23)(H,24,25)/t12-,13+/m0/s1. The van der Waals surface area contributed by atoms with Crippen molar-refractivity contribution in [2.45, 2.75) is 44.1 Å². The molecule has 2 aliphatic carbocycles. The van der Waals surface area contributed by atoms with Gasteiger partial charge in [-0.1, -0.05) is 0 Å². The number of nitrogens with zero attached hydrogens (tertiary/aromatic N) is 1. The SMILES string of the molecule is COc1ccc2nc(C3CC3)cc(C(=O)N[C@@H]3CC[C@H](C(=O)O)C3)c2c1. The van der Waals surface area contributed by atoms with Crippen molar-refractivity contribution in [2.24, 2.45) is 5.92 Å². The Labute approximate surface area is 151 Å². The number of pyridine rings is 1. The van der Waals surface area contributed by atoms with Crippen molar-refractivity contribution >= 4 is 22.8 Å². The van der Waals surface area contributed by atoms with Gasteiger partial charge in [0.1, 0.15) is 5.75 Å². The highest BCUT2D eigenvalue weighted by atomic mass is 16.5. The van der Waals surface area contributed by atoms with E-state index >= 15 is 0 Å². The highest BCUT2D eigenvalue weighted by Gasteiger charge is 2.32. The molecule has 6 nitrogen and oxygen atoms in total. The van der Waals surface area contributed by atoms with Gasteiger partial charge in [0.2, 0.25) is 0 Å². The smallest absolute Gasteiger partial charge is 0.306 e. The van der Waals surface area contributed by atoms with Crippen LogP contribution in [0.1, 0.15) is 54.1 Å². The Morgan fingerprint density at radius 1 is 1.19 bits per heavy atom. The van der Waals surface area contributed by atoms with Crippen LogP contribution in [0.25, 0.3) is 10.9 Å². The Hall–Kier alpha value is -2.63. The van der Waals surface area contributed by atoms with Crippen molar-refractivity contribution < 1.29 is 19.4 Å². The van der Waals surface area contributed by atoms with Crippen LogP contribution >= 0.6 is 0 Å². The van der Waals surface area contributed by atoms with Crippen molar-refractivity contribution in [1.29, 1.82) is 0 Å². The minimum absolute atomic E-state index is 0.0956. The molecule has 2 N–H and O–H groups in total. The molecule has 2 aromatic rings. The number of carbonyl (C=O) groups excluding carboxylic acids is 1. The van der Waals surface area contributed by atoms with E-state index in [1.165, 1.54) is 0 Å². The van der Waals surface area contributed by atoms with E-state index in [2.05, 4.69) is 5.32 Å². The Kier molecular flexibility index (Phi) is 4.26. The van der Waals surface area contributed by atoms with Gasteiger partial charge in [-0.05, 0) is 56.4 Å². The number of ether oxygens (including phenoxy) is 1. The highest BCUT2D eigenvalue weighted by Crippen LogP contribution is 2.40. The number of aromatic nitrogens is 1. The third-order valence-electron chi connectivity index (χ3n) is 5.39. The maximum Gasteiger partial charge on any atom is 0.306 e. The Balaban J connectivity index is 1.65. The monoisotopic (exact) mass is 354 g/mol. The molecule has 1 heterocycles. The number of nitrogens with one attached hydrogen (secondary N) is 1. The molecule has 4 rings (SSSR count). The Bertz CT molecular complexity index is 875. The molecule has 26 heavy (non-hydrogen) atoms. The largest absolute Gasteiger partial charge is 0.497 e. The van der Waals surface area contributed by atoms with Crippen LogP contribution in [0.4, 0.5) is 0 Å². The predicted octanol–water partition coefficient (Wildman–Crippen LogP) is 3.10. The molecule has 2 fully saturated rings. The van der Waals surface area contributed by atoms with Crippen molar-refractivity contribution in [3.8, 4) is 5.75 Å². The molecule has 0 saturated heterocycles. The first kappa shape index (κ1) is 16.8. The van der Waals surface area contributed by atoms with Gasteiger partial charge in [0.05, 0.1) is 24.1 Å². The first-order valence-corrected chi connectivity index (χ1v) is 9.07. The molecule has 0 aliphatic heterocycles. The summed E-state index contributed by atoms with van der Waals surface area (Å²) < 4.78 is 5.30. The van der Waals surface area contributed by atoms with Crippen molar-refractivity contribution in [3.63, 3.8) is 0 Å². The van der Waals surface area contributed by atoms with Crippen molar-refractivity contribution in [3.05, 3.63) is 35.5 Å². The molecule has 0 radical (unpaired) electrons. The van der Waals surface area contributed by atoms with E-state index in [9.17, 15) is 9.59 Å². The molecule has 0 bridgehead atoms. The summed E-state index contributed by atoms with van der Waals surface area (Å²) >= 11 is 0. The van der Waals surface area contributed by atoms with Crippen LogP contribution in [0.5, 0.6) is 5.75 Å². The second-order valence-corrected chi connectivity index (χ2v) is 7.27. The second-order valence-electron chi connectivity index (χ2n) is 7.27. The maximum atomic E-state index is 13.0. The van der Waals surface area contributed by atoms with Crippen LogP contribution in [0.15, 0.2) is 24.3 Å². The van der Waals surface area contributed by atoms with E-state index in [1.54, 1.807) is 7.11 Å². The maximum absolute atomic E-state index is 13.0. The fraction of sp³-hybridized carbons (Fsp3) is 0.450. The fourth-order valence-corrected chi connectivity index (χ4v) is 3.73. The molecule has 2 atom stereocenters. The Morgan fingerprint density at radius 3 is 2.65 bits per heavy atom. The van der Waals surface area contributed by atoms with E-state index in [-0.39, 0.29) is 17.9 Å². The molecule has 1 aromatic carbocycles. The van der Waals surface area contributed by atoms with Gasteiger partial charge in [-0.3, -0.25) is 14.6 Å². The van der Waals surface area contributed by atoms with Gasteiger partial charge in [0.25, 0.3) is 5.91 Å². The van der Waals surface area contributed by atoms with Crippen LogP contribution < -0.4 is 10.1 Å². The van der Waals surface area contributed by atoms with Crippen molar-refractivity contribution in [2.75, 3.05) is 7.11 Å². The van der Waals surface area contributed by atoms with E-state index < -0.39 is 5.97 Å². The summed E-state index contributed by atoms with van der Waals surface area (Å²) in [7, 11) is 1.59. The molecule has 6 heteroatoms. The summed E-state index contributed by atoms with van der Waals surface area (Å²) in [5, 5.41) is 12.9. The Morgan fingerprint density at radius 2 is 2.00 bits per heavy atom. The first-order chi connectivity index (χ1) is 12.5. The quantitative estimate of drug-likeness (QED) is 0.861. The molecule has 1 amide bonds. The molecule has 2 aliphatic rings. The number of carboxylic acids is 1. The summed E-state index contributed by atoms with van der Waals surface area (Å²) in [6.07, 6.45) is 4.02. The first-order valence-electron chi connectivity index (χ1n) is 9.07. The van der Waals surface area contributed by atoms with Crippen LogP contribution in [-0.4, -0.2) is 35.1 Å². The summed E-state index contributed by atoms with van der Waals surface area (Å²) in [5.41, 5.74) is 2.34. The van der Waals surface area contributed by atoms with Gasteiger partial charge in [-0.25, -0.2) is 0 Å². The normalized spacial score (nSPS) is 22.3. The topological polar surface area (TPSA) is 88.5 Å². The minimum atomic E-state index is -0.781.